The van der Waals surface area contributed by atoms with Crippen LogP contribution in [0.2, 0.25) is 0 Å². The van der Waals surface area contributed by atoms with Gasteiger partial charge in [-0.15, -0.1) is 0 Å². The van der Waals surface area contributed by atoms with Crippen LogP contribution in [0.3, 0.4) is 0 Å². The molecule has 1 aliphatic heterocycles. The number of nitrogens with two attached hydrogens (primary N) is 1. The number of nitrogen functional groups attached to an aromatic ring is 1. The fraction of sp³-hybridized carbons (Fsp3) is 0.458. The summed E-state index contributed by atoms with van der Waals surface area (Å²) in [6.45, 7) is 10.2. The van der Waals surface area contributed by atoms with Crippen LogP contribution in [-0.4, -0.2) is 18.4 Å². The van der Waals surface area contributed by atoms with Crippen molar-refractivity contribution in [2.45, 2.75) is 68.7 Å². The zero-order chi connectivity index (χ0) is 20.9. The van der Waals surface area contributed by atoms with E-state index in [1.54, 1.807) is 21.6 Å². The lowest BCUT2D eigenvalue weighted by molar-refractivity contribution is 0.351. The Balaban J connectivity index is 1.61. The van der Waals surface area contributed by atoms with E-state index in [9.17, 15) is 0 Å². The van der Waals surface area contributed by atoms with E-state index < -0.39 is 0 Å². The molecule has 0 spiro atoms. The lowest BCUT2D eigenvalue weighted by Crippen LogP contribution is -2.23. The Morgan fingerprint density at radius 3 is 2.45 bits per heavy atom. The maximum atomic E-state index is 6.10. The van der Waals surface area contributed by atoms with Gasteiger partial charge in [-0.25, -0.2) is 0 Å². The Bertz CT molecular complexity index is 842. The summed E-state index contributed by atoms with van der Waals surface area (Å²) in [5.74, 6) is 1.58. The molecule has 0 aromatic heterocycles. The van der Waals surface area contributed by atoms with Gasteiger partial charge in [-0.05, 0) is 47.9 Å². The summed E-state index contributed by atoms with van der Waals surface area (Å²) in [4.78, 5) is 7.38. The number of anilines is 1. The number of amidine groups is 1. The third-order valence-electron chi connectivity index (χ3n) is 5.20. The van der Waals surface area contributed by atoms with E-state index in [0.29, 0.717) is 17.4 Å². The molecule has 0 amide bonds. The molecule has 3 nitrogen and oxygen atoms in total. The standard InChI is InChI=1S/C24H33N3S2/c1-17(15-23-26-16-18(27-23)13-14-24(2,3)4)19-9-5-7-11-21(19)28-29-22-12-8-6-10-20(22)25/h5-12,17-18H,13-16,25H2,1-4H3,(H,26,27). The van der Waals surface area contributed by atoms with Crippen LogP contribution in [0.15, 0.2) is 63.3 Å². The zero-order valence-corrected chi connectivity index (χ0v) is 19.6. The number of rotatable bonds is 8. The van der Waals surface area contributed by atoms with Crippen LogP contribution in [0.25, 0.3) is 0 Å². The van der Waals surface area contributed by atoms with Gasteiger partial charge in [0, 0.05) is 28.4 Å². The van der Waals surface area contributed by atoms with Crippen LogP contribution in [-0.2, 0) is 0 Å². The van der Waals surface area contributed by atoms with Crippen LogP contribution < -0.4 is 11.1 Å². The first-order valence-corrected chi connectivity index (χ1v) is 12.6. The smallest absolute Gasteiger partial charge is 0.0974 e. The molecule has 0 saturated carbocycles. The molecule has 1 aliphatic rings. The van der Waals surface area contributed by atoms with E-state index in [0.717, 1.165) is 35.8 Å². The molecule has 0 bridgehead atoms. The minimum Gasteiger partial charge on any atom is -0.398 e. The van der Waals surface area contributed by atoms with E-state index in [1.807, 2.05) is 18.2 Å². The molecule has 0 saturated heterocycles. The minimum absolute atomic E-state index is 0.377. The Labute approximate surface area is 183 Å². The topological polar surface area (TPSA) is 50.4 Å². The van der Waals surface area contributed by atoms with Gasteiger partial charge in [0.25, 0.3) is 0 Å². The molecule has 0 aliphatic carbocycles. The highest BCUT2D eigenvalue weighted by Crippen LogP contribution is 2.43. The molecule has 29 heavy (non-hydrogen) atoms. The predicted molar refractivity (Wildman–Crippen MR) is 130 cm³/mol. The van der Waals surface area contributed by atoms with Gasteiger partial charge in [-0.3, -0.25) is 4.99 Å². The average molecular weight is 428 g/mol. The predicted octanol–water partition coefficient (Wildman–Crippen LogP) is 6.76. The number of nitrogens with zero attached hydrogens (tertiary/aromatic N) is 1. The first-order chi connectivity index (χ1) is 13.8. The lowest BCUT2D eigenvalue weighted by Gasteiger charge is -2.19. The van der Waals surface area contributed by atoms with Crippen molar-refractivity contribution in [3.63, 3.8) is 0 Å². The molecule has 0 fully saturated rings. The fourth-order valence-electron chi connectivity index (χ4n) is 3.45. The van der Waals surface area contributed by atoms with Gasteiger partial charge in [0.15, 0.2) is 0 Å². The van der Waals surface area contributed by atoms with Gasteiger partial charge >= 0.3 is 0 Å². The fourth-order valence-corrected chi connectivity index (χ4v) is 5.88. The van der Waals surface area contributed by atoms with Crippen LogP contribution in [0.5, 0.6) is 0 Å². The molecule has 5 heteroatoms. The molecular weight excluding hydrogens is 394 g/mol. The number of para-hydroxylation sites is 1. The van der Waals surface area contributed by atoms with Crippen LogP contribution in [0, 0.1) is 5.41 Å². The molecule has 156 valence electrons. The second-order valence-electron chi connectivity index (χ2n) is 9.06. The molecule has 2 aromatic carbocycles. The van der Waals surface area contributed by atoms with Crippen LogP contribution >= 0.6 is 21.6 Å². The molecule has 2 unspecified atom stereocenters. The van der Waals surface area contributed by atoms with Gasteiger partial charge in [-0.2, -0.15) is 0 Å². The summed E-state index contributed by atoms with van der Waals surface area (Å²) in [5, 5.41) is 3.55. The van der Waals surface area contributed by atoms with E-state index in [-0.39, 0.29) is 0 Å². The van der Waals surface area contributed by atoms with Crippen molar-refractivity contribution in [1.29, 1.82) is 0 Å². The van der Waals surface area contributed by atoms with E-state index in [1.165, 1.54) is 16.9 Å². The van der Waals surface area contributed by atoms with E-state index >= 15 is 0 Å². The Kier molecular flexibility index (Phi) is 7.58. The highest BCUT2D eigenvalue weighted by Gasteiger charge is 2.22. The van der Waals surface area contributed by atoms with Crippen molar-refractivity contribution in [2.24, 2.45) is 10.4 Å². The first-order valence-electron chi connectivity index (χ1n) is 10.4. The molecule has 3 N–H and O–H groups in total. The zero-order valence-electron chi connectivity index (χ0n) is 17.9. The SMILES string of the molecule is CC(CC1=NC(CCC(C)(C)C)CN1)c1ccccc1SSc1ccccc1N. The summed E-state index contributed by atoms with van der Waals surface area (Å²) in [6, 6.07) is 17.2. The maximum Gasteiger partial charge on any atom is 0.0974 e. The number of hydrogen-bond donors (Lipinski definition) is 2. The maximum absolute atomic E-state index is 6.10. The summed E-state index contributed by atoms with van der Waals surface area (Å²) < 4.78 is 0. The number of hydrogen-bond acceptors (Lipinski definition) is 5. The van der Waals surface area contributed by atoms with Crippen molar-refractivity contribution in [2.75, 3.05) is 12.3 Å². The van der Waals surface area contributed by atoms with Crippen molar-refractivity contribution in [1.82, 2.24) is 5.32 Å². The number of nitrogens with one attached hydrogen (secondary N) is 1. The van der Waals surface area contributed by atoms with Crippen molar-refractivity contribution in [3.8, 4) is 0 Å². The third kappa shape index (κ3) is 6.71. The molecule has 2 aromatic rings. The Hall–Kier alpha value is -1.59. The van der Waals surface area contributed by atoms with E-state index in [2.05, 4.69) is 63.3 Å². The van der Waals surface area contributed by atoms with E-state index in [4.69, 9.17) is 10.7 Å². The minimum atomic E-state index is 0.377. The van der Waals surface area contributed by atoms with Crippen molar-refractivity contribution < 1.29 is 0 Å². The van der Waals surface area contributed by atoms with Gasteiger partial charge < -0.3 is 11.1 Å². The first kappa shape index (κ1) is 22.1. The van der Waals surface area contributed by atoms with Gasteiger partial charge in [0.2, 0.25) is 0 Å². The van der Waals surface area contributed by atoms with Crippen LogP contribution in [0.1, 0.15) is 58.4 Å². The van der Waals surface area contributed by atoms with Crippen LogP contribution in [0.4, 0.5) is 5.69 Å². The average Bonchev–Trinajstić information content (AvgIpc) is 3.13. The van der Waals surface area contributed by atoms with Gasteiger partial charge in [0.1, 0.15) is 0 Å². The summed E-state index contributed by atoms with van der Waals surface area (Å²) in [7, 11) is 3.52. The lowest BCUT2D eigenvalue weighted by atomic mass is 9.89. The normalized spacial score (nSPS) is 17.7. The monoisotopic (exact) mass is 427 g/mol. The number of benzene rings is 2. The summed E-state index contributed by atoms with van der Waals surface area (Å²) in [5.41, 5.74) is 8.69. The van der Waals surface area contributed by atoms with Crippen molar-refractivity contribution >= 4 is 33.1 Å². The van der Waals surface area contributed by atoms with Gasteiger partial charge in [-0.1, -0.05) is 79.6 Å². The molecular formula is C24H33N3S2. The molecule has 0 radical (unpaired) electrons. The third-order valence-corrected chi connectivity index (χ3v) is 7.71. The number of aliphatic imine (C=N–C) groups is 1. The summed E-state index contributed by atoms with van der Waals surface area (Å²) >= 11 is 0. The van der Waals surface area contributed by atoms with Gasteiger partial charge in [0.05, 0.1) is 11.9 Å². The second kappa shape index (κ2) is 9.94. The van der Waals surface area contributed by atoms with Crippen molar-refractivity contribution in [3.05, 3.63) is 54.1 Å². The second-order valence-corrected chi connectivity index (χ2v) is 11.3. The molecule has 1 heterocycles. The highest BCUT2D eigenvalue weighted by atomic mass is 33.1. The largest absolute Gasteiger partial charge is 0.398 e. The summed E-state index contributed by atoms with van der Waals surface area (Å²) in [6.07, 6.45) is 3.34. The highest BCUT2D eigenvalue weighted by molar-refractivity contribution is 8.76. The molecule has 2 atom stereocenters. The Morgan fingerprint density at radius 2 is 1.72 bits per heavy atom. The molecule has 3 rings (SSSR count). The quantitative estimate of drug-likeness (QED) is 0.361. The Morgan fingerprint density at radius 1 is 1.07 bits per heavy atom.